The lowest BCUT2D eigenvalue weighted by atomic mass is 9.88. The van der Waals surface area contributed by atoms with Gasteiger partial charge in [-0.05, 0) is 48.1 Å². The number of fused-ring (bicyclic) bond motifs is 1. The molecule has 0 unspecified atom stereocenters. The van der Waals surface area contributed by atoms with Gasteiger partial charge in [0.1, 0.15) is 6.61 Å². The Morgan fingerprint density at radius 3 is 2.60 bits per heavy atom. The number of benzene rings is 1. The summed E-state index contributed by atoms with van der Waals surface area (Å²) in [5.74, 6) is 0.685. The topological polar surface area (TPSA) is 42.4 Å². The van der Waals surface area contributed by atoms with Gasteiger partial charge in [-0.3, -0.25) is 9.78 Å². The van der Waals surface area contributed by atoms with Crippen LogP contribution in [0.4, 0.5) is 5.69 Å². The van der Waals surface area contributed by atoms with E-state index in [0.29, 0.717) is 12.5 Å². The molecule has 0 saturated heterocycles. The minimum absolute atomic E-state index is 0.0798. The Hall–Kier alpha value is -2.20. The molecule has 1 aliphatic carbocycles. The van der Waals surface area contributed by atoms with Crippen LogP contribution in [0.3, 0.4) is 0 Å². The van der Waals surface area contributed by atoms with Crippen molar-refractivity contribution in [2.45, 2.75) is 38.7 Å². The number of ether oxygens (including phenoxy) is 1. The first-order chi connectivity index (χ1) is 12.3. The summed E-state index contributed by atoms with van der Waals surface area (Å²) in [7, 11) is 0. The van der Waals surface area contributed by atoms with Gasteiger partial charge in [-0.1, -0.05) is 31.4 Å². The first-order valence-corrected chi connectivity index (χ1v) is 9.23. The molecule has 4 nitrogen and oxygen atoms in total. The number of carbonyl (C=O) groups excluding carboxylic acids is 1. The van der Waals surface area contributed by atoms with E-state index in [1.165, 1.54) is 32.1 Å². The SMILES string of the molecule is O=C1COCc2ccc(-c3ccncc3)cc2N1CC1CCCCC1. The summed E-state index contributed by atoms with van der Waals surface area (Å²) >= 11 is 0. The van der Waals surface area contributed by atoms with E-state index >= 15 is 0 Å². The van der Waals surface area contributed by atoms with Gasteiger partial charge >= 0.3 is 0 Å². The highest BCUT2D eigenvalue weighted by Gasteiger charge is 2.26. The normalized spacial score (nSPS) is 18.7. The molecule has 1 aromatic carbocycles. The molecule has 25 heavy (non-hydrogen) atoms. The maximum Gasteiger partial charge on any atom is 0.253 e. The predicted molar refractivity (Wildman–Crippen MR) is 98.3 cm³/mol. The minimum atomic E-state index is 0.0798. The molecule has 1 amide bonds. The van der Waals surface area contributed by atoms with Crippen molar-refractivity contribution in [3.63, 3.8) is 0 Å². The van der Waals surface area contributed by atoms with Gasteiger partial charge in [-0.25, -0.2) is 0 Å². The summed E-state index contributed by atoms with van der Waals surface area (Å²) in [6, 6.07) is 10.3. The van der Waals surface area contributed by atoms with E-state index in [9.17, 15) is 4.79 Å². The fraction of sp³-hybridized carbons (Fsp3) is 0.429. The van der Waals surface area contributed by atoms with Gasteiger partial charge in [0.25, 0.3) is 5.91 Å². The van der Waals surface area contributed by atoms with E-state index in [0.717, 1.165) is 28.9 Å². The minimum Gasteiger partial charge on any atom is -0.367 e. The van der Waals surface area contributed by atoms with Gasteiger partial charge in [0.2, 0.25) is 0 Å². The smallest absolute Gasteiger partial charge is 0.253 e. The van der Waals surface area contributed by atoms with Crippen molar-refractivity contribution in [1.82, 2.24) is 4.98 Å². The van der Waals surface area contributed by atoms with Crippen molar-refractivity contribution in [2.24, 2.45) is 5.92 Å². The van der Waals surface area contributed by atoms with Crippen molar-refractivity contribution in [3.8, 4) is 11.1 Å². The van der Waals surface area contributed by atoms with Crippen LogP contribution in [0.15, 0.2) is 42.7 Å². The Labute approximate surface area is 148 Å². The third-order valence-corrected chi connectivity index (χ3v) is 5.34. The average molecular weight is 336 g/mol. The monoisotopic (exact) mass is 336 g/mol. The van der Waals surface area contributed by atoms with E-state index in [2.05, 4.69) is 23.2 Å². The summed E-state index contributed by atoms with van der Waals surface area (Å²) in [5, 5.41) is 0. The zero-order chi connectivity index (χ0) is 17.1. The maximum absolute atomic E-state index is 12.7. The van der Waals surface area contributed by atoms with E-state index in [-0.39, 0.29) is 12.5 Å². The van der Waals surface area contributed by atoms with Gasteiger partial charge in [-0.15, -0.1) is 0 Å². The van der Waals surface area contributed by atoms with Crippen LogP contribution in [-0.4, -0.2) is 24.0 Å². The van der Waals surface area contributed by atoms with E-state index in [1.54, 1.807) is 12.4 Å². The van der Waals surface area contributed by atoms with E-state index < -0.39 is 0 Å². The molecule has 1 aliphatic heterocycles. The lowest BCUT2D eigenvalue weighted by Crippen LogP contribution is -2.37. The zero-order valence-corrected chi connectivity index (χ0v) is 14.5. The predicted octanol–water partition coefficient (Wildman–Crippen LogP) is 4.19. The fourth-order valence-electron chi connectivity index (χ4n) is 3.95. The highest BCUT2D eigenvalue weighted by atomic mass is 16.5. The summed E-state index contributed by atoms with van der Waals surface area (Å²) < 4.78 is 5.60. The number of anilines is 1. The third-order valence-electron chi connectivity index (χ3n) is 5.34. The molecule has 1 aromatic heterocycles. The van der Waals surface area contributed by atoms with Crippen molar-refractivity contribution >= 4 is 11.6 Å². The molecule has 0 N–H and O–H groups in total. The van der Waals surface area contributed by atoms with Crippen LogP contribution in [0.1, 0.15) is 37.7 Å². The highest BCUT2D eigenvalue weighted by Crippen LogP contribution is 2.33. The number of nitrogens with zero attached hydrogens (tertiary/aromatic N) is 2. The first kappa shape index (κ1) is 16.3. The van der Waals surface area contributed by atoms with Crippen LogP contribution in [0.5, 0.6) is 0 Å². The second kappa shape index (κ2) is 7.36. The lowest BCUT2D eigenvalue weighted by Gasteiger charge is -2.30. The summed E-state index contributed by atoms with van der Waals surface area (Å²) in [6.07, 6.45) is 9.95. The average Bonchev–Trinajstić information content (AvgIpc) is 2.82. The molecule has 2 aliphatic rings. The number of amides is 1. The van der Waals surface area contributed by atoms with Crippen LogP contribution < -0.4 is 4.90 Å². The van der Waals surface area contributed by atoms with Gasteiger partial charge in [0.15, 0.2) is 0 Å². The number of aromatic nitrogens is 1. The Morgan fingerprint density at radius 1 is 1.00 bits per heavy atom. The molecular formula is C21H24N2O2. The molecule has 0 radical (unpaired) electrons. The maximum atomic E-state index is 12.7. The van der Waals surface area contributed by atoms with Gasteiger partial charge < -0.3 is 9.64 Å². The molecule has 0 spiro atoms. The highest BCUT2D eigenvalue weighted by molar-refractivity contribution is 5.96. The quantitative estimate of drug-likeness (QED) is 0.844. The number of pyridine rings is 1. The fourth-order valence-corrected chi connectivity index (χ4v) is 3.95. The Bertz CT molecular complexity index is 739. The molecule has 130 valence electrons. The van der Waals surface area contributed by atoms with Gasteiger partial charge in [-0.2, -0.15) is 0 Å². The third kappa shape index (κ3) is 3.59. The Morgan fingerprint density at radius 2 is 1.80 bits per heavy atom. The van der Waals surface area contributed by atoms with Crippen LogP contribution in [0.2, 0.25) is 0 Å². The number of carbonyl (C=O) groups is 1. The molecule has 2 heterocycles. The molecule has 4 heteroatoms. The lowest BCUT2D eigenvalue weighted by molar-refractivity contribution is -0.123. The molecule has 4 rings (SSSR count). The van der Waals surface area contributed by atoms with Crippen LogP contribution >= 0.6 is 0 Å². The second-order valence-corrected chi connectivity index (χ2v) is 7.08. The second-order valence-electron chi connectivity index (χ2n) is 7.08. The summed E-state index contributed by atoms with van der Waals surface area (Å²) in [6.45, 7) is 1.49. The largest absolute Gasteiger partial charge is 0.367 e. The summed E-state index contributed by atoms with van der Waals surface area (Å²) in [4.78, 5) is 18.8. The Kier molecular flexibility index (Phi) is 4.79. The van der Waals surface area contributed by atoms with Crippen LogP contribution in [-0.2, 0) is 16.1 Å². The van der Waals surface area contributed by atoms with Crippen LogP contribution in [0, 0.1) is 5.92 Å². The standard InChI is InChI=1S/C21H24N2O2/c24-21-15-25-14-19-7-6-18(17-8-10-22-11-9-17)12-20(19)23(21)13-16-4-2-1-3-5-16/h6-12,16H,1-5,13-15H2. The zero-order valence-electron chi connectivity index (χ0n) is 14.5. The molecule has 0 atom stereocenters. The molecule has 2 aromatic rings. The number of hydrogen-bond acceptors (Lipinski definition) is 3. The van der Waals surface area contributed by atoms with Crippen molar-refractivity contribution in [2.75, 3.05) is 18.1 Å². The number of rotatable bonds is 3. The molecule has 1 fully saturated rings. The van der Waals surface area contributed by atoms with Gasteiger partial charge in [0.05, 0.1) is 6.61 Å². The van der Waals surface area contributed by atoms with E-state index in [1.807, 2.05) is 17.0 Å². The molecular weight excluding hydrogens is 312 g/mol. The molecule has 0 bridgehead atoms. The van der Waals surface area contributed by atoms with Crippen molar-refractivity contribution < 1.29 is 9.53 Å². The Balaban J connectivity index is 1.68. The molecule has 1 saturated carbocycles. The first-order valence-electron chi connectivity index (χ1n) is 9.23. The van der Waals surface area contributed by atoms with Crippen LogP contribution in [0.25, 0.3) is 11.1 Å². The van der Waals surface area contributed by atoms with Crippen molar-refractivity contribution in [3.05, 3.63) is 48.3 Å². The number of hydrogen-bond donors (Lipinski definition) is 0. The van der Waals surface area contributed by atoms with Crippen molar-refractivity contribution in [1.29, 1.82) is 0 Å². The van der Waals surface area contributed by atoms with E-state index in [4.69, 9.17) is 4.74 Å². The van der Waals surface area contributed by atoms with Gasteiger partial charge in [0, 0.05) is 30.2 Å². The summed E-state index contributed by atoms with van der Waals surface area (Å²) in [5.41, 5.74) is 4.35.